The number of benzene rings is 1. The van der Waals surface area contributed by atoms with Gasteiger partial charge in [-0.2, -0.15) is 0 Å². The van der Waals surface area contributed by atoms with Crippen molar-refractivity contribution in [3.63, 3.8) is 0 Å². The quantitative estimate of drug-likeness (QED) is 0.735. The fraction of sp³-hybridized carbons (Fsp3) is 0.167. The summed E-state index contributed by atoms with van der Waals surface area (Å²) in [5.41, 5.74) is 15.5. The Kier molecular flexibility index (Phi) is 2.47. The zero-order valence-electron chi connectivity index (χ0n) is 8.60. The predicted molar refractivity (Wildman–Crippen MR) is 61.2 cm³/mol. The van der Waals surface area contributed by atoms with Crippen LogP contribution in [0.5, 0.6) is 0 Å². The third kappa shape index (κ3) is 2.02. The highest BCUT2D eigenvalue weighted by Crippen LogP contribution is 2.25. The number of hydrogen-bond donors (Lipinski definition) is 2. The number of hydrogen-bond acceptors (Lipinski definition) is 3. The van der Waals surface area contributed by atoms with Crippen LogP contribution in [0.25, 0.3) is 11.1 Å². The van der Waals surface area contributed by atoms with E-state index in [1.807, 2.05) is 31.2 Å². The summed E-state index contributed by atoms with van der Waals surface area (Å²) in [5.74, 6) is 0. The van der Waals surface area contributed by atoms with Crippen LogP contribution in [-0.4, -0.2) is 0 Å². The molecule has 2 aromatic rings. The summed E-state index contributed by atoms with van der Waals surface area (Å²) in [5, 5.41) is 0. The van der Waals surface area contributed by atoms with Gasteiger partial charge in [-0.3, -0.25) is 0 Å². The van der Waals surface area contributed by atoms with E-state index in [0.29, 0.717) is 0 Å². The lowest BCUT2D eigenvalue weighted by Crippen LogP contribution is -2.05. The van der Waals surface area contributed by atoms with Crippen LogP contribution < -0.4 is 11.5 Å². The molecule has 0 amide bonds. The van der Waals surface area contributed by atoms with E-state index >= 15 is 0 Å². The fourth-order valence-corrected chi connectivity index (χ4v) is 1.53. The zero-order valence-corrected chi connectivity index (χ0v) is 8.60. The molecule has 0 saturated carbocycles. The van der Waals surface area contributed by atoms with Gasteiger partial charge in [-0.15, -0.1) is 0 Å². The molecule has 0 aliphatic heterocycles. The maximum absolute atomic E-state index is 5.83. The summed E-state index contributed by atoms with van der Waals surface area (Å²) in [6, 6.07) is 7.73. The minimum Gasteiger partial charge on any atom is -0.472 e. The summed E-state index contributed by atoms with van der Waals surface area (Å²) >= 11 is 0. The van der Waals surface area contributed by atoms with Crippen LogP contribution in [0.2, 0.25) is 0 Å². The molecule has 1 heterocycles. The molecule has 1 atom stereocenters. The van der Waals surface area contributed by atoms with E-state index in [1.54, 1.807) is 12.5 Å². The normalized spacial score (nSPS) is 12.7. The Morgan fingerprint density at radius 3 is 2.60 bits per heavy atom. The smallest absolute Gasteiger partial charge is 0.0980 e. The van der Waals surface area contributed by atoms with Crippen molar-refractivity contribution >= 4 is 5.69 Å². The molecule has 15 heavy (non-hydrogen) atoms. The van der Waals surface area contributed by atoms with Crippen molar-refractivity contribution in [3.05, 3.63) is 42.4 Å². The van der Waals surface area contributed by atoms with Gasteiger partial charge in [-0.25, -0.2) is 0 Å². The molecule has 3 heteroatoms. The average Bonchev–Trinajstić information content (AvgIpc) is 2.69. The topological polar surface area (TPSA) is 65.2 Å². The van der Waals surface area contributed by atoms with E-state index in [4.69, 9.17) is 15.9 Å². The molecule has 3 nitrogen and oxygen atoms in total. The van der Waals surface area contributed by atoms with Gasteiger partial charge in [0.15, 0.2) is 0 Å². The number of nitrogen functional groups attached to an aromatic ring is 1. The van der Waals surface area contributed by atoms with Crippen molar-refractivity contribution in [2.75, 3.05) is 5.73 Å². The standard InChI is InChI=1S/C12H14N2O/c1-8(13)10-4-11(6-12(14)5-10)9-2-3-15-7-9/h2-8H,13-14H2,1H3/t8-/m1/s1. The molecule has 0 bridgehead atoms. The molecule has 2 rings (SSSR count). The Labute approximate surface area is 88.7 Å². The Morgan fingerprint density at radius 1 is 1.20 bits per heavy atom. The highest BCUT2D eigenvalue weighted by molar-refractivity contribution is 5.67. The maximum Gasteiger partial charge on any atom is 0.0980 e. The second-order valence-corrected chi connectivity index (χ2v) is 3.69. The van der Waals surface area contributed by atoms with E-state index in [1.165, 1.54) is 0 Å². The second kappa shape index (κ2) is 3.79. The largest absolute Gasteiger partial charge is 0.472 e. The third-order valence-corrected chi connectivity index (χ3v) is 2.36. The lowest BCUT2D eigenvalue weighted by atomic mass is 10.0. The van der Waals surface area contributed by atoms with Crippen LogP contribution in [-0.2, 0) is 0 Å². The number of anilines is 1. The number of furan rings is 1. The molecule has 0 saturated heterocycles. The van der Waals surface area contributed by atoms with Gasteiger partial charge in [-0.1, -0.05) is 0 Å². The molecule has 1 aromatic carbocycles. The van der Waals surface area contributed by atoms with Crippen molar-refractivity contribution < 1.29 is 4.42 Å². The predicted octanol–water partition coefficient (Wildman–Crippen LogP) is 2.55. The summed E-state index contributed by atoms with van der Waals surface area (Å²) in [6.45, 7) is 1.94. The third-order valence-electron chi connectivity index (χ3n) is 2.36. The first-order valence-electron chi connectivity index (χ1n) is 4.85. The van der Waals surface area contributed by atoms with E-state index in [9.17, 15) is 0 Å². The van der Waals surface area contributed by atoms with E-state index in [0.717, 1.165) is 22.4 Å². The molecule has 1 aromatic heterocycles. The van der Waals surface area contributed by atoms with Gasteiger partial charge < -0.3 is 15.9 Å². The molecular weight excluding hydrogens is 188 g/mol. The molecule has 4 N–H and O–H groups in total. The van der Waals surface area contributed by atoms with E-state index in [2.05, 4.69) is 0 Å². The Morgan fingerprint density at radius 2 is 2.00 bits per heavy atom. The maximum atomic E-state index is 5.83. The first-order valence-corrected chi connectivity index (χ1v) is 4.85. The van der Waals surface area contributed by atoms with Gasteiger partial charge in [0.1, 0.15) is 0 Å². The van der Waals surface area contributed by atoms with Crippen LogP contribution in [0.3, 0.4) is 0 Å². The minimum atomic E-state index is -0.0147. The number of rotatable bonds is 2. The van der Waals surface area contributed by atoms with Gasteiger partial charge in [0.2, 0.25) is 0 Å². The van der Waals surface area contributed by atoms with E-state index < -0.39 is 0 Å². The minimum absolute atomic E-state index is 0.0147. The van der Waals surface area contributed by atoms with Crippen molar-refractivity contribution in [2.45, 2.75) is 13.0 Å². The molecule has 78 valence electrons. The summed E-state index contributed by atoms with van der Waals surface area (Å²) in [7, 11) is 0. The summed E-state index contributed by atoms with van der Waals surface area (Å²) in [4.78, 5) is 0. The monoisotopic (exact) mass is 202 g/mol. The lowest BCUT2D eigenvalue weighted by molar-refractivity contribution is 0.568. The summed E-state index contributed by atoms with van der Waals surface area (Å²) in [6.07, 6.45) is 3.34. The zero-order chi connectivity index (χ0) is 10.8. The lowest BCUT2D eigenvalue weighted by Gasteiger charge is -2.09. The molecule has 0 aliphatic carbocycles. The van der Waals surface area contributed by atoms with Gasteiger partial charge >= 0.3 is 0 Å². The van der Waals surface area contributed by atoms with Crippen LogP contribution in [0.4, 0.5) is 5.69 Å². The second-order valence-electron chi connectivity index (χ2n) is 3.69. The Bertz CT molecular complexity index is 447. The van der Waals surface area contributed by atoms with Gasteiger partial charge in [-0.05, 0) is 42.3 Å². The first-order chi connectivity index (χ1) is 7.16. The SMILES string of the molecule is C[C@@H](N)c1cc(N)cc(-c2ccoc2)c1. The van der Waals surface area contributed by atoms with E-state index in [-0.39, 0.29) is 6.04 Å². The number of nitrogens with two attached hydrogens (primary N) is 2. The molecular formula is C12H14N2O. The Balaban J connectivity index is 2.49. The van der Waals surface area contributed by atoms with Crippen molar-refractivity contribution in [3.8, 4) is 11.1 Å². The van der Waals surface area contributed by atoms with Crippen LogP contribution >= 0.6 is 0 Å². The fourth-order valence-electron chi connectivity index (χ4n) is 1.53. The summed E-state index contributed by atoms with van der Waals surface area (Å²) < 4.78 is 5.04. The highest BCUT2D eigenvalue weighted by Gasteiger charge is 2.05. The average molecular weight is 202 g/mol. The Hall–Kier alpha value is -1.74. The molecule has 0 fully saturated rings. The molecule has 0 unspecified atom stereocenters. The highest BCUT2D eigenvalue weighted by atomic mass is 16.3. The van der Waals surface area contributed by atoms with Crippen LogP contribution in [0.15, 0.2) is 41.2 Å². The molecule has 0 aliphatic rings. The van der Waals surface area contributed by atoms with Gasteiger partial charge in [0.05, 0.1) is 12.5 Å². The molecule has 0 spiro atoms. The van der Waals surface area contributed by atoms with Crippen molar-refractivity contribution in [1.29, 1.82) is 0 Å². The van der Waals surface area contributed by atoms with Crippen molar-refractivity contribution in [2.24, 2.45) is 5.73 Å². The van der Waals surface area contributed by atoms with Gasteiger partial charge in [0, 0.05) is 17.3 Å². The van der Waals surface area contributed by atoms with Gasteiger partial charge in [0.25, 0.3) is 0 Å². The van der Waals surface area contributed by atoms with Crippen LogP contribution in [0, 0.1) is 0 Å². The molecule has 0 radical (unpaired) electrons. The first kappa shape index (κ1) is 9.80. The van der Waals surface area contributed by atoms with Crippen LogP contribution in [0.1, 0.15) is 18.5 Å². The van der Waals surface area contributed by atoms with Crippen molar-refractivity contribution in [1.82, 2.24) is 0 Å².